The van der Waals surface area contributed by atoms with Gasteiger partial charge in [0.15, 0.2) is 0 Å². The van der Waals surface area contributed by atoms with Crippen molar-refractivity contribution in [1.82, 2.24) is 9.80 Å². The Morgan fingerprint density at radius 2 is 1.58 bits per heavy atom. The van der Waals surface area contributed by atoms with Gasteiger partial charge in [-0.1, -0.05) is 11.6 Å². The molecule has 0 unspecified atom stereocenters. The number of piperazine rings is 1. The Morgan fingerprint density at radius 1 is 1.06 bits per heavy atom. The van der Waals surface area contributed by atoms with Crippen molar-refractivity contribution in [1.29, 1.82) is 0 Å². The van der Waals surface area contributed by atoms with Crippen LogP contribution in [0.25, 0.3) is 0 Å². The van der Waals surface area contributed by atoms with Gasteiger partial charge in [-0.15, -0.1) is 0 Å². The molecule has 1 heterocycles. The molecule has 0 bridgehead atoms. The van der Waals surface area contributed by atoms with Crippen LogP contribution in [0.4, 0.5) is 5.69 Å². The second-order valence-electron chi connectivity index (χ2n) is 7.60. The van der Waals surface area contributed by atoms with Crippen molar-refractivity contribution < 1.29 is 17.9 Å². The molecule has 8 nitrogen and oxygen atoms in total. The van der Waals surface area contributed by atoms with E-state index in [9.17, 15) is 13.2 Å². The summed E-state index contributed by atoms with van der Waals surface area (Å²) in [6.45, 7) is 2.83. The highest BCUT2D eigenvalue weighted by molar-refractivity contribution is 7.92. The lowest BCUT2D eigenvalue weighted by atomic mass is 10.2. The van der Waals surface area contributed by atoms with Gasteiger partial charge in [0.05, 0.1) is 18.5 Å². The van der Waals surface area contributed by atoms with Gasteiger partial charge in [0.2, 0.25) is 15.9 Å². The number of likely N-dealkylation sites (N-methyl/N-ethyl adjacent to an activating group) is 1. The Morgan fingerprint density at radius 3 is 2.06 bits per heavy atom. The minimum Gasteiger partial charge on any atom is -0.457 e. The molecule has 0 spiro atoms. The summed E-state index contributed by atoms with van der Waals surface area (Å²) in [5.74, 6) is 0.618. The third-order valence-corrected chi connectivity index (χ3v) is 6.63. The molecule has 0 saturated carbocycles. The number of benzene rings is 2. The zero-order chi connectivity index (χ0) is 22.6. The van der Waals surface area contributed by atoms with E-state index in [1.165, 1.54) is 4.31 Å². The number of primary amides is 1. The number of carbonyl (C=O) groups is 1. The minimum atomic E-state index is -3.64. The minimum absolute atomic E-state index is 0.0464. The summed E-state index contributed by atoms with van der Waals surface area (Å²) in [6.07, 6.45) is 1.12. The molecule has 2 N–H and O–H groups in total. The van der Waals surface area contributed by atoms with Crippen LogP contribution in [0.1, 0.15) is 0 Å². The molecule has 10 heteroatoms. The summed E-state index contributed by atoms with van der Waals surface area (Å²) >= 11 is 5.88. The standard InChI is InChI=1S/C21H27ClN4O4S/c1-24-11-13-25(14-12-24)20(21(23)27)15-26(31(2,28)29)17-5-9-19(10-6-17)30-18-7-3-16(22)4-8-18/h3-10,20H,11-15H2,1-2H3,(H2,23,27)/t20-/m0/s1. The first-order valence-corrected chi connectivity index (χ1v) is 12.1. The fourth-order valence-electron chi connectivity index (χ4n) is 3.43. The van der Waals surface area contributed by atoms with Gasteiger partial charge in [0.25, 0.3) is 0 Å². The summed E-state index contributed by atoms with van der Waals surface area (Å²) < 4.78 is 32.1. The maximum Gasteiger partial charge on any atom is 0.236 e. The lowest BCUT2D eigenvalue weighted by Crippen LogP contribution is -2.57. The zero-order valence-corrected chi connectivity index (χ0v) is 19.1. The number of sulfonamides is 1. The average Bonchev–Trinajstić information content (AvgIpc) is 2.71. The second kappa shape index (κ2) is 9.86. The van der Waals surface area contributed by atoms with Crippen LogP contribution < -0.4 is 14.8 Å². The van der Waals surface area contributed by atoms with Crippen LogP contribution in [0.2, 0.25) is 5.02 Å². The summed E-state index contributed by atoms with van der Waals surface area (Å²) in [7, 11) is -1.63. The van der Waals surface area contributed by atoms with Gasteiger partial charge in [-0.3, -0.25) is 14.0 Å². The van der Waals surface area contributed by atoms with Crippen molar-refractivity contribution in [2.75, 3.05) is 50.3 Å². The molecule has 0 aromatic heterocycles. The number of nitrogens with zero attached hydrogens (tertiary/aromatic N) is 3. The summed E-state index contributed by atoms with van der Waals surface area (Å²) in [4.78, 5) is 16.3. The first kappa shape index (κ1) is 23.3. The predicted molar refractivity (Wildman–Crippen MR) is 122 cm³/mol. The van der Waals surface area contributed by atoms with Crippen molar-refractivity contribution in [2.45, 2.75) is 6.04 Å². The first-order chi connectivity index (χ1) is 14.6. The Hall–Kier alpha value is -2.33. The number of anilines is 1. The van der Waals surface area contributed by atoms with Crippen molar-refractivity contribution in [3.05, 3.63) is 53.6 Å². The van der Waals surface area contributed by atoms with Gasteiger partial charge in [0, 0.05) is 31.2 Å². The molecule has 0 radical (unpaired) electrons. The van der Waals surface area contributed by atoms with E-state index in [0.29, 0.717) is 35.3 Å². The summed E-state index contributed by atoms with van der Waals surface area (Å²) in [5.41, 5.74) is 6.08. The highest BCUT2D eigenvalue weighted by Crippen LogP contribution is 2.27. The van der Waals surface area contributed by atoms with Gasteiger partial charge in [0.1, 0.15) is 17.5 Å². The molecular formula is C21H27ClN4O4S. The Balaban J connectivity index is 1.78. The number of ether oxygens (including phenoxy) is 1. The molecule has 1 atom stereocenters. The molecule has 168 valence electrons. The third-order valence-electron chi connectivity index (χ3n) is 5.22. The lowest BCUT2D eigenvalue weighted by Gasteiger charge is -2.38. The molecule has 0 aliphatic carbocycles. The van der Waals surface area contributed by atoms with Crippen LogP contribution in [0.5, 0.6) is 11.5 Å². The van der Waals surface area contributed by atoms with Crippen molar-refractivity contribution in [3.8, 4) is 11.5 Å². The Labute approximate surface area is 188 Å². The van der Waals surface area contributed by atoms with Gasteiger partial charge in [-0.2, -0.15) is 0 Å². The summed E-state index contributed by atoms with van der Waals surface area (Å²) in [6, 6.07) is 12.9. The quantitative estimate of drug-likeness (QED) is 0.639. The molecule has 3 rings (SSSR count). The predicted octanol–water partition coefficient (Wildman–Crippen LogP) is 2.00. The normalized spacial score (nSPS) is 16.6. The fourth-order valence-corrected chi connectivity index (χ4v) is 4.47. The van der Waals surface area contributed by atoms with Gasteiger partial charge in [-0.05, 0) is 55.6 Å². The van der Waals surface area contributed by atoms with E-state index in [2.05, 4.69) is 4.90 Å². The largest absolute Gasteiger partial charge is 0.457 e. The Kier molecular flexibility index (Phi) is 7.42. The van der Waals surface area contributed by atoms with Gasteiger partial charge >= 0.3 is 0 Å². The molecule has 1 aliphatic heterocycles. The fraction of sp³-hybridized carbons (Fsp3) is 0.381. The topological polar surface area (TPSA) is 96.2 Å². The van der Waals surface area contributed by atoms with Crippen molar-refractivity contribution in [3.63, 3.8) is 0 Å². The number of hydrogen-bond donors (Lipinski definition) is 1. The average molecular weight is 467 g/mol. The van der Waals surface area contributed by atoms with E-state index in [0.717, 1.165) is 19.3 Å². The lowest BCUT2D eigenvalue weighted by molar-refractivity contribution is -0.123. The second-order valence-corrected chi connectivity index (χ2v) is 9.94. The SMILES string of the molecule is CN1CCN([C@@H](CN(c2ccc(Oc3ccc(Cl)cc3)cc2)S(C)(=O)=O)C(N)=O)CC1. The molecule has 1 saturated heterocycles. The maximum atomic E-state index is 12.5. The molecule has 31 heavy (non-hydrogen) atoms. The molecule has 2 aromatic carbocycles. The van der Waals surface area contributed by atoms with Crippen molar-refractivity contribution >= 4 is 33.2 Å². The monoisotopic (exact) mass is 466 g/mol. The number of hydrogen-bond acceptors (Lipinski definition) is 6. The number of amides is 1. The molecule has 1 aliphatic rings. The van der Waals surface area contributed by atoms with E-state index < -0.39 is 22.0 Å². The van der Waals surface area contributed by atoms with Crippen molar-refractivity contribution in [2.24, 2.45) is 5.73 Å². The van der Waals surface area contributed by atoms with E-state index in [-0.39, 0.29) is 6.54 Å². The molecule has 2 aromatic rings. The Bertz CT molecular complexity index is 991. The number of rotatable bonds is 8. The number of carbonyl (C=O) groups excluding carboxylic acids is 1. The van der Waals surface area contributed by atoms with Crippen LogP contribution in [-0.4, -0.2) is 76.2 Å². The van der Waals surface area contributed by atoms with Gasteiger partial charge in [-0.25, -0.2) is 8.42 Å². The first-order valence-electron chi connectivity index (χ1n) is 9.86. The number of halogens is 1. The molecular weight excluding hydrogens is 440 g/mol. The van der Waals surface area contributed by atoms with Crippen LogP contribution in [-0.2, 0) is 14.8 Å². The third kappa shape index (κ3) is 6.33. The zero-order valence-electron chi connectivity index (χ0n) is 17.6. The van der Waals surface area contributed by atoms with Crippen LogP contribution in [0.3, 0.4) is 0 Å². The van der Waals surface area contributed by atoms with Crippen LogP contribution >= 0.6 is 11.6 Å². The van der Waals surface area contributed by atoms with E-state index in [4.69, 9.17) is 22.1 Å². The molecule has 1 amide bonds. The smallest absolute Gasteiger partial charge is 0.236 e. The van der Waals surface area contributed by atoms with E-state index in [1.807, 2.05) is 11.9 Å². The van der Waals surface area contributed by atoms with Crippen LogP contribution in [0.15, 0.2) is 48.5 Å². The van der Waals surface area contributed by atoms with Gasteiger partial charge < -0.3 is 15.4 Å². The highest BCUT2D eigenvalue weighted by atomic mass is 35.5. The highest BCUT2D eigenvalue weighted by Gasteiger charge is 2.31. The maximum absolute atomic E-state index is 12.5. The summed E-state index contributed by atoms with van der Waals surface area (Å²) in [5, 5.41) is 0.607. The van der Waals surface area contributed by atoms with E-state index >= 15 is 0 Å². The molecule has 1 fully saturated rings. The van der Waals surface area contributed by atoms with E-state index in [1.54, 1.807) is 48.5 Å². The number of nitrogens with two attached hydrogens (primary N) is 1. The van der Waals surface area contributed by atoms with Crippen LogP contribution in [0, 0.1) is 0 Å².